The number of carbonyl (C=O) groups is 3. The van der Waals surface area contributed by atoms with Crippen molar-refractivity contribution in [1.82, 2.24) is 10.4 Å². The molecule has 3 amide bonds. The lowest BCUT2D eigenvalue weighted by Gasteiger charge is -2.19. The zero-order valence-corrected chi connectivity index (χ0v) is 12.7. The molecule has 0 aromatic heterocycles. The van der Waals surface area contributed by atoms with E-state index in [9.17, 15) is 24.5 Å². The maximum Gasteiger partial charge on any atom is 0.270 e. The topological polar surface area (TPSA) is 110 Å². The predicted molar refractivity (Wildman–Crippen MR) is 80.2 cm³/mol. The van der Waals surface area contributed by atoms with Crippen LogP contribution in [0, 0.1) is 33.8 Å². The molecule has 3 aliphatic rings. The summed E-state index contributed by atoms with van der Waals surface area (Å²) in [5.74, 6) is -1.38. The van der Waals surface area contributed by atoms with E-state index in [0.717, 1.165) is 24.3 Å². The minimum atomic E-state index is -0.626. The number of hydrogen-bond acceptors (Lipinski definition) is 5. The molecule has 4 rings (SSSR count). The molecule has 1 aromatic carbocycles. The van der Waals surface area contributed by atoms with E-state index in [1.807, 2.05) is 0 Å². The molecule has 0 unspecified atom stereocenters. The number of nitrogens with zero attached hydrogens (tertiary/aromatic N) is 2. The second-order valence-electron chi connectivity index (χ2n) is 6.64. The van der Waals surface area contributed by atoms with Crippen LogP contribution in [0.5, 0.6) is 0 Å². The quantitative estimate of drug-likeness (QED) is 0.510. The second kappa shape index (κ2) is 5.12. The summed E-state index contributed by atoms with van der Waals surface area (Å²) in [5.41, 5.74) is 2.39. The summed E-state index contributed by atoms with van der Waals surface area (Å²) in [5, 5.41) is 11.5. The molecule has 8 nitrogen and oxygen atoms in total. The van der Waals surface area contributed by atoms with Gasteiger partial charge in [0.1, 0.15) is 0 Å². The minimum Gasteiger partial charge on any atom is -0.272 e. The first kappa shape index (κ1) is 14.8. The van der Waals surface area contributed by atoms with Gasteiger partial charge in [0.05, 0.1) is 16.8 Å². The molecular formula is C16H15N3O5. The zero-order chi connectivity index (χ0) is 17.0. The Morgan fingerprint density at radius 1 is 1.08 bits per heavy atom. The number of nitro benzene ring substituents is 1. The van der Waals surface area contributed by atoms with Gasteiger partial charge in [0.2, 0.25) is 0 Å². The van der Waals surface area contributed by atoms with E-state index >= 15 is 0 Å². The van der Waals surface area contributed by atoms with Crippen LogP contribution in [-0.4, -0.2) is 27.7 Å². The normalized spacial score (nSPS) is 30.6. The summed E-state index contributed by atoms with van der Waals surface area (Å²) >= 11 is 0. The van der Waals surface area contributed by atoms with E-state index in [-0.39, 0.29) is 46.7 Å². The molecule has 24 heavy (non-hydrogen) atoms. The number of fused-ring (bicyclic) bond motifs is 5. The molecule has 1 aliphatic heterocycles. The number of hydrazine groups is 1. The molecule has 2 aliphatic carbocycles. The van der Waals surface area contributed by atoms with Gasteiger partial charge in [-0.15, -0.1) is 0 Å². The van der Waals surface area contributed by atoms with Crippen LogP contribution >= 0.6 is 0 Å². The van der Waals surface area contributed by atoms with Gasteiger partial charge in [0, 0.05) is 17.7 Å². The highest BCUT2D eigenvalue weighted by molar-refractivity contribution is 6.08. The first-order chi connectivity index (χ1) is 11.5. The molecule has 2 bridgehead atoms. The van der Waals surface area contributed by atoms with Crippen molar-refractivity contribution in [3.05, 3.63) is 39.9 Å². The van der Waals surface area contributed by atoms with Crippen LogP contribution in [0.3, 0.4) is 0 Å². The Labute approximate surface area is 136 Å². The Hall–Kier alpha value is -2.77. The van der Waals surface area contributed by atoms with Crippen LogP contribution < -0.4 is 5.43 Å². The van der Waals surface area contributed by atoms with Gasteiger partial charge in [-0.25, -0.2) is 0 Å². The van der Waals surface area contributed by atoms with Gasteiger partial charge < -0.3 is 0 Å². The van der Waals surface area contributed by atoms with Gasteiger partial charge in [0.25, 0.3) is 23.4 Å². The van der Waals surface area contributed by atoms with Crippen LogP contribution in [0.2, 0.25) is 0 Å². The molecule has 1 N–H and O–H groups in total. The molecular weight excluding hydrogens is 314 g/mol. The standard InChI is InChI=1S/C16H15N3O5/c20-14(8-3-5-11(6-4-8)19(23)24)17-18-15(21)12-9-1-2-10(7-9)13(12)16(18)22/h3-6,9-10,12-13H,1-2,7H2,(H,17,20)/t9-,10-,12-,13-/m0/s1. The van der Waals surface area contributed by atoms with Gasteiger partial charge >= 0.3 is 0 Å². The Balaban J connectivity index is 1.51. The molecule has 0 spiro atoms. The highest BCUT2D eigenvalue weighted by atomic mass is 16.6. The summed E-state index contributed by atoms with van der Waals surface area (Å²) in [6.07, 6.45) is 2.86. The summed E-state index contributed by atoms with van der Waals surface area (Å²) in [6, 6.07) is 5.00. The fourth-order valence-electron chi connectivity index (χ4n) is 4.42. The Bertz CT molecular complexity index is 731. The first-order valence-corrected chi connectivity index (χ1v) is 7.90. The number of rotatable bonds is 3. The van der Waals surface area contributed by atoms with Crippen molar-refractivity contribution in [2.75, 3.05) is 0 Å². The predicted octanol–water partition coefficient (Wildman–Crippen LogP) is 1.27. The van der Waals surface area contributed by atoms with E-state index in [2.05, 4.69) is 5.43 Å². The third-order valence-corrected chi connectivity index (χ3v) is 5.48. The van der Waals surface area contributed by atoms with E-state index < -0.39 is 10.8 Å². The number of amides is 3. The van der Waals surface area contributed by atoms with Crippen LogP contribution in [0.25, 0.3) is 0 Å². The van der Waals surface area contributed by atoms with Crippen molar-refractivity contribution in [3.8, 4) is 0 Å². The van der Waals surface area contributed by atoms with Crippen LogP contribution in [-0.2, 0) is 9.59 Å². The smallest absolute Gasteiger partial charge is 0.270 e. The van der Waals surface area contributed by atoms with E-state index in [1.165, 1.54) is 24.3 Å². The molecule has 2 saturated carbocycles. The van der Waals surface area contributed by atoms with Gasteiger partial charge in [-0.2, -0.15) is 5.01 Å². The zero-order valence-electron chi connectivity index (χ0n) is 12.7. The molecule has 3 fully saturated rings. The second-order valence-corrected chi connectivity index (χ2v) is 6.64. The van der Waals surface area contributed by atoms with Crippen molar-refractivity contribution in [3.63, 3.8) is 0 Å². The number of benzene rings is 1. The van der Waals surface area contributed by atoms with Gasteiger partial charge in [0.15, 0.2) is 0 Å². The maximum absolute atomic E-state index is 12.5. The number of non-ortho nitro benzene ring substituents is 1. The third-order valence-electron chi connectivity index (χ3n) is 5.48. The van der Waals surface area contributed by atoms with E-state index in [1.54, 1.807) is 0 Å². The molecule has 124 valence electrons. The van der Waals surface area contributed by atoms with Crippen molar-refractivity contribution >= 4 is 23.4 Å². The van der Waals surface area contributed by atoms with E-state index in [0.29, 0.717) is 0 Å². The van der Waals surface area contributed by atoms with Gasteiger partial charge in [-0.1, -0.05) is 0 Å². The summed E-state index contributed by atoms with van der Waals surface area (Å²) in [7, 11) is 0. The average Bonchev–Trinajstić information content (AvgIpc) is 3.24. The largest absolute Gasteiger partial charge is 0.272 e. The van der Waals surface area contributed by atoms with Crippen LogP contribution in [0.4, 0.5) is 5.69 Å². The van der Waals surface area contributed by atoms with Crippen LogP contribution in [0.1, 0.15) is 29.6 Å². The molecule has 1 aromatic rings. The average molecular weight is 329 g/mol. The molecule has 1 saturated heterocycles. The number of hydrogen-bond donors (Lipinski definition) is 1. The molecule has 4 atom stereocenters. The Morgan fingerprint density at radius 2 is 1.62 bits per heavy atom. The fraction of sp³-hybridized carbons (Fsp3) is 0.438. The van der Waals surface area contributed by atoms with Crippen molar-refractivity contribution in [1.29, 1.82) is 0 Å². The molecule has 0 radical (unpaired) electrons. The number of nitrogens with one attached hydrogen (secondary N) is 1. The minimum absolute atomic E-state index is 0.133. The third kappa shape index (κ3) is 2.02. The van der Waals surface area contributed by atoms with Gasteiger partial charge in [-0.05, 0) is 43.2 Å². The lowest BCUT2D eigenvalue weighted by molar-refractivity contribution is -0.384. The van der Waals surface area contributed by atoms with Crippen molar-refractivity contribution in [2.45, 2.75) is 19.3 Å². The monoisotopic (exact) mass is 329 g/mol. The van der Waals surface area contributed by atoms with Crippen molar-refractivity contribution in [2.24, 2.45) is 23.7 Å². The molecule has 8 heteroatoms. The van der Waals surface area contributed by atoms with Gasteiger partial charge in [-0.3, -0.25) is 29.9 Å². The lowest BCUT2D eigenvalue weighted by Crippen LogP contribution is -2.47. The maximum atomic E-state index is 12.5. The van der Waals surface area contributed by atoms with Crippen LogP contribution in [0.15, 0.2) is 24.3 Å². The summed E-state index contributed by atoms with van der Waals surface area (Å²) < 4.78 is 0. The van der Waals surface area contributed by atoms with E-state index in [4.69, 9.17) is 0 Å². The van der Waals surface area contributed by atoms with Crippen molar-refractivity contribution < 1.29 is 19.3 Å². The number of nitro groups is 1. The lowest BCUT2D eigenvalue weighted by atomic mass is 9.81. The summed E-state index contributed by atoms with van der Waals surface area (Å²) in [4.78, 5) is 47.3. The highest BCUT2D eigenvalue weighted by Crippen LogP contribution is 2.55. The molecule has 1 heterocycles. The number of carbonyl (C=O) groups excluding carboxylic acids is 3. The SMILES string of the molecule is O=C(NN1C(=O)[C@H]2[C@H]3CC[C@@H](C3)[C@@H]2C1=O)c1ccc([N+](=O)[O-])cc1. The summed E-state index contributed by atoms with van der Waals surface area (Å²) in [6.45, 7) is 0. The Morgan fingerprint density at radius 3 is 2.12 bits per heavy atom. The number of imide groups is 1. The fourth-order valence-corrected chi connectivity index (χ4v) is 4.42. The highest BCUT2D eigenvalue weighted by Gasteiger charge is 2.61. The Kier molecular flexibility index (Phi) is 3.16. The first-order valence-electron chi connectivity index (χ1n) is 7.90.